The number of primary amides is 1. The first kappa shape index (κ1) is 29.8. The molecule has 0 saturated carbocycles. The zero-order valence-electron chi connectivity index (χ0n) is 22.2. The van der Waals surface area contributed by atoms with Gasteiger partial charge in [0.1, 0.15) is 24.0 Å². The summed E-state index contributed by atoms with van der Waals surface area (Å²) in [5.74, 6) is -4.36. The van der Waals surface area contributed by atoms with Gasteiger partial charge in [0, 0.05) is 35.5 Å². The SMILES string of the molecule is NC(=O)c1cc(-c2cccnc2[C@H](Cc2cc(F)cc(F)c2)NC(=O)Cn2nc(C(F)(F)F)c3c2CCOC3)ccc1F. The van der Waals surface area contributed by atoms with Gasteiger partial charge in [-0.1, -0.05) is 12.1 Å². The van der Waals surface area contributed by atoms with Gasteiger partial charge >= 0.3 is 6.18 Å². The second-order valence-corrected chi connectivity index (χ2v) is 9.83. The Hall–Kier alpha value is -4.72. The van der Waals surface area contributed by atoms with E-state index in [2.05, 4.69) is 15.4 Å². The Labute approximate surface area is 240 Å². The van der Waals surface area contributed by atoms with Crippen LogP contribution in [0.3, 0.4) is 0 Å². The molecule has 0 fully saturated rings. The van der Waals surface area contributed by atoms with Crippen molar-refractivity contribution < 1.29 is 40.7 Å². The zero-order chi connectivity index (χ0) is 30.9. The first-order valence-corrected chi connectivity index (χ1v) is 12.9. The molecular weight excluding hydrogens is 580 g/mol. The molecule has 0 radical (unpaired) electrons. The maximum absolute atomic E-state index is 14.2. The van der Waals surface area contributed by atoms with E-state index in [-0.39, 0.29) is 48.6 Å². The molecule has 8 nitrogen and oxygen atoms in total. The van der Waals surface area contributed by atoms with Crippen LogP contribution in [0.15, 0.2) is 54.7 Å². The Kier molecular flexibility index (Phi) is 8.22. The van der Waals surface area contributed by atoms with E-state index in [9.17, 15) is 35.9 Å². The summed E-state index contributed by atoms with van der Waals surface area (Å²) in [6, 6.07) is 8.44. The zero-order valence-corrected chi connectivity index (χ0v) is 22.2. The standard InChI is InChI=1S/C29H23F6N5O3/c30-17-8-15(9-18(31)12-17)10-23(26-19(2-1-6-37-26)16-3-4-22(32)20(11-16)28(36)42)38-25(41)13-40-24-5-7-43-14-21(24)27(39-40)29(33,34)35/h1-4,6,8-9,11-12,23H,5,7,10,13-14H2,(H2,36,42)(H,38,41)/t23-/m0/s1. The van der Waals surface area contributed by atoms with E-state index in [1.807, 2.05) is 0 Å². The van der Waals surface area contributed by atoms with Crippen molar-refractivity contribution in [3.05, 3.63) is 106 Å². The van der Waals surface area contributed by atoms with Gasteiger partial charge in [-0.2, -0.15) is 18.3 Å². The Morgan fingerprint density at radius 3 is 2.51 bits per heavy atom. The highest BCUT2D eigenvalue weighted by molar-refractivity contribution is 5.94. The van der Waals surface area contributed by atoms with Crippen LogP contribution in [0.2, 0.25) is 0 Å². The van der Waals surface area contributed by atoms with Crippen LogP contribution in [0.25, 0.3) is 11.1 Å². The smallest absolute Gasteiger partial charge is 0.376 e. The first-order valence-electron chi connectivity index (χ1n) is 12.9. The summed E-state index contributed by atoms with van der Waals surface area (Å²) < 4.78 is 89.3. The number of amides is 2. The van der Waals surface area contributed by atoms with Gasteiger partial charge in [0.15, 0.2) is 5.69 Å². The number of carbonyl (C=O) groups excluding carboxylic acids is 2. The largest absolute Gasteiger partial charge is 0.435 e. The molecule has 0 unspecified atom stereocenters. The quantitative estimate of drug-likeness (QED) is 0.285. The second-order valence-electron chi connectivity index (χ2n) is 9.83. The minimum absolute atomic E-state index is 0.106. The number of halogens is 6. The third kappa shape index (κ3) is 6.53. The maximum atomic E-state index is 14.2. The van der Waals surface area contributed by atoms with Crippen LogP contribution in [0.1, 0.15) is 44.6 Å². The normalized spacial score (nSPS) is 13.8. The van der Waals surface area contributed by atoms with Crippen molar-refractivity contribution in [2.75, 3.05) is 6.61 Å². The number of benzene rings is 2. The predicted molar refractivity (Wildman–Crippen MR) is 140 cm³/mol. The summed E-state index contributed by atoms with van der Waals surface area (Å²) in [6.07, 6.45) is -3.46. The van der Waals surface area contributed by atoms with E-state index in [1.165, 1.54) is 18.3 Å². The van der Waals surface area contributed by atoms with Crippen molar-refractivity contribution in [2.24, 2.45) is 5.73 Å². The Balaban J connectivity index is 1.52. The van der Waals surface area contributed by atoms with Gasteiger partial charge in [0.2, 0.25) is 5.91 Å². The number of hydrogen-bond donors (Lipinski definition) is 2. The molecule has 0 saturated heterocycles. The minimum Gasteiger partial charge on any atom is -0.376 e. The molecule has 3 heterocycles. The number of nitrogens with zero attached hydrogens (tertiary/aromatic N) is 3. The van der Waals surface area contributed by atoms with Gasteiger partial charge in [-0.15, -0.1) is 0 Å². The lowest BCUT2D eigenvalue weighted by atomic mass is 9.94. The fourth-order valence-electron chi connectivity index (χ4n) is 5.04. The third-order valence-electron chi connectivity index (χ3n) is 6.87. The molecule has 14 heteroatoms. The number of nitrogens with two attached hydrogens (primary N) is 1. The van der Waals surface area contributed by atoms with E-state index in [0.29, 0.717) is 17.2 Å². The molecule has 1 aliphatic rings. The van der Waals surface area contributed by atoms with Gasteiger partial charge in [0.05, 0.1) is 30.5 Å². The topological polar surface area (TPSA) is 112 Å². The van der Waals surface area contributed by atoms with Crippen molar-refractivity contribution in [1.82, 2.24) is 20.1 Å². The van der Waals surface area contributed by atoms with Gasteiger partial charge < -0.3 is 15.8 Å². The fraction of sp³-hybridized carbons (Fsp3) is 0.241. The third-order valence-corrected chi connectivity index (χ3v) is 6.87. The Morgan fingerprint density at radius 1 is 1.07 bits per heavy atom. The van der Waals surface area contributed by atoms with E-state index in [4.69, 9.17) is 10.5 Å². The van der Waals surface area contributed by atoms with Crippen molar-refractivity contribution in [1.29, 1.82) is 0 Å². The van der Waals surface area contributed by atoms with Gasteiger partial charge in [0.25, 0.3) is 5.91 Å². The highest BCUT2D eigenvalue weighted by atomic mass is 19.4. The number of nitrogens with one attached hydrogen (secondary N) is 1. The van der Waals surface area contributed by atoms with Gasteiger partial charge in [-0.05, 0) is 47.9 Å². The monoisotopic (exact) mass is 603 g/mol. The Bertz CT molecular complexity index is 1680. The van der Waals surface area contributed by atoms with Crippen LogP contribution in [0.5, 0.6) is 0 Å². The second kappa shape index (κ2) is 11.9. The van der Waals surface area contributed by atoms with Gasteiger partial charge in [-0.25, -0.2) is 13.2 Å². The number of ether oxygens (including phenoxy) is 1. The highest BCUT2D eigenvalue weighted by Crippen LogP contribution is 2.35. The molecule has 5 rings (SSSR count). The number of pyridine rings is 1. The molecule has 2 aromatic heterocycles. The predicted octanol–water partition coefficient (Wildman–Crippen LogP) is 4.65. The maximum Gasteiger partial charge on any atom is 0.435 e. The molecule has 2 amide bonds. The summed E-state index contributed by atoms with van der Waals surface area (Å²) >= 11 is 0. The van der Waals surface area contributed by atoms with Crippen LogP contribution < -0.4 is 11.1 Å². The summed E-state index contributed by atoms with van der Waals surface area (Å²) in [5.41, 5.74) is 4.78. The summed E-state index contributed by atoms with van der Waals surface area (Å²) in [6.45, 7) is -0.758. The van der Waals surface area contributed by atoms with Crippen LogP contribution >= 0.6 is 0 Å². The van der Waals surface area contributed by atoms with Crippen molar-refractivity contribution in [3.63, 3.8) is 0 Å². The Morgan fingerprint density at radius 2 is 1.81 bits per heavy atom. The molecule has 0 bridgehead atoms. The van der Waals surface area contributed by atoms with Gasteiger partial charge in [-0.3, -0.25) is 19.3 Å². The number of hydrogen-bond acceptors (Lipinski definition) is 5. The number of rotatable bonds is 8. The lowest BCUT2D eigenvalue weighted by Gasteiger charge is -2.22. The highest BCUT2D eigenvalue weighted by Gasteiger charge is 2.40. The summed E-state index contributed by atoms with van der Waals surface area (Å²) in [4.78, 5) is 29.5. The summed E-state index contributed by atoms with van der Waals surface area (Å²) in [5, 5.41) is 6.34. The van der Waals surface area contributed by atoms with Crippen LogP contribution in [-0.2, 0) is 41.7 Å². The number of carbonyl (C=O) groups is 2. The average Bonchev–Trinajstić information content (AvgIpc) is 3.31. The van der Waals surface area contributed by atoms with Crippen molar-refractivity contribution in [2.45, 2.75) is 38.2 Å². The van der Waals surface area contributed by atoms with E-state index in [0.717, 1.165) is 22.9 Å². The number of aromatic nitrogens is 3. The molecule has 43 heavy (non-hydrogen) atoms. The molecule has 0 aliphatic carbocycles. The minimum atomic E-state index is -4.77. The van der Waals surface area contributed by atoms with Crippen LogP contribution in [-0.4, -0.2) is 33.2 Å². The molecule has 1 atom stereocenters. The van der Waals surface area contributed by atoms with Crippen LogP contribution in [0, 0.1) is 17.5 Å². The molecule has 4 aromatic rings. The number of alkyl halides is 3. The fourth-order valence-corrected chi connectivity index (χ4v) is 5.04. The van der Waals surface area contributed by atoms with E-state index >= 15 is 0 Å². The molecule has 224 valence electrons. The molecule has 0 spiro atoms. The number of fused-ring (bicyclic) bond motifs is 1. The van der Waals surface area contributed by atoms with Crippen molar-refractivity contribution in [3.8, 4) is 11.1 Å². The lowest BCUT2D eigenvalue weighted by Crippen LogP contribution is -2.34. The first-order chi connectivity index (χ1) is 20.4. The molecule has 2 aromatic carbocycles. The van der Waals surface area contributed by atoms with E-state index in [1.54, 1.807) is 12.1 Å². The lowest BCUT2D eigenvalue weighted by molar-refractivity contribution is -0.143. The van der Waals surface area contributed by atoms with Crippen LogP contribution in [0.4, 0.5) is 26.3 Å². The molecule has 3 N–H and O–H groups in total. The molecule has 1 aliphatic heterocycles. The summed E-state index contributed by atoms with van der Waals surface area (Å²) in [7, 11) is 0. The molecular formula is C29H23F6N5O3. The van der Waals surface area contributed by atoms with Crippen molar-refractivity contribution >= 4 is 11.8 Å². The van der Waals surface area contributed by atoms with E-state index < -0.39 is 59.3 Å². The average molecular weight is 604 g/mol.